The minimum atomic E-state index is -4.79. The predicted octanol–water partition coefficient (Wildman–Crippen LogP) is -1.47. The van der Waals surface area contributed by atoms with Crippen molar-refractivity contribution in [2.45, 2.75) is 13.5 Å². The zero-order valence-electron chi connectivity index (χ0n) is 13.6. The molecule has 0 atom stereocenters. The highest BCUT2D eigenvalue weighted by molar-refractivity contribution is 7.91. The summed E-state index contributed by atoms with van der Waals surface area (Å²) in [7, 11) is -8.72. The van der Waals surface area contributed by atoms with Crippen LogP contribution in [0, 0.1) is 6.92 Å². The van der Waals surface area contributed by atoms with Crippen molar-refractivity contribution >= 4 is 38.5 Å². The number of primary amides is 1. The van der Waals surface area contributed by atoms with E-state index < -0.39 is 67.8 Å². The molecule has 0 fully saturated rings. The highest BCUT2D eigenvalue weighted by atomic mass is 32.3. The zero-order valence-corrected chi connectivity index (χ0v) is 15.2. The van der Waals surface area contributed by atoms with Crippen LogP contribution in [0.5, 0.6) is 5.88 Å². The molecule has 0 bridgehead atoms. The number of carbonyl (C=O) groups is 1. The van der Waals surface area contributed by atoms with Gasteiger partial charge in [-0.25, -0.2) is 12.6 Å². The van der Waals surface area contributed by atoms with Gasteiger partial charge >= 0.3 is 10.4 Å². The lowest BCUT2D eigenvalue weighted by Gasteiger charge is -2.15. The van der Waals surface area contributed by atoms with Crippen LogP contribution in [0.25, 0.3) is 0 Å². The second-order valence-electron chi connectivity index (χ2n) is 5.05. The van der Waals surface area contributed by atoms with E-state index in [1.807, 2.05) is 0 Å². The maximum atomic E-state index is 12.3. The van der Waals surface area contributed by atoms with Crippen LogP contribution in [0.2, 0.25) is 0 Å². The molecule has 0 unspecified atom stereocenters. The third kappa shape index (κ3) is 5.35. The van der Waals surface area contributed by atoms with E-state index in [0.717, 1.165) is 0 Å². The number of nitrogens with two attached hydrogens (primary N) is 1. The Morgan fingerprint density at radius 3 is 2.35 bits per heavy atom. The summed E-state index contributed by atoms with van der Waals surface area (Å²) in [5.41, 5.74) is 3.59. The van der Waals surface area contributed by atoms with Crippen molar-refractivity contribution in [3.63, 3.8) is 0 Å². The SMILES string of the molecule is C=Nc1c(C)c(C(N)=O)c(O)n(CCS(=O)(=O)CCOS(=O)(=O)O)c1=O. The van der Waals surface area contributed by atoms with Crippen LogP contribution >= 0.6 is 0 Å². The van der Waals surface area contributed by atoms with E-state index >= 15 is 0 Å². The summed E-state index contributed by atoms with van der Waals surface area (Å²) in [6, 6.07) is 0. The fraction of sp³-hybridized carbons (Fsp3) is 0.417. The molecule has 1 aromatic rings. The van der Waals surface area contributed by atoms with Gasteiger partial charge in [0, 0.05) is 6.54 Å². The molecule has 0 radical (unpaired) electrons. The second-order valence-corrected chi connectivity index (χ2v) is 8.45. The summed E-state index contributed by atoms with van der Waals surface area (Å²) in [5.74, 6) is -3.35. The Kier molecular flexibility index (Phi) is 6.65. The first kappa shape index (κ1) is 21.8. The van der Waals surface area contributed by atoms with Crippen molar-refractivity contribution in [2.24, 2.45) is 10.7 Å². The van der Waals surface area contributed by atoms with Crippen molar-refractivity contribution in [2.75, 3.05) is 18.1 Å². The molecule has 4 N–H and O–H groups in total. The molecule has 0 saturated carbocycles. The fourth-order valence-electron chi connectivity index (χ4n) is 2.09. The number of amides is 1. The van der Waals surface area contributed by atoms with Gasteiger partial charge in [-0.05, 0) is 19.2 Å². The molecule has 12 nitrogen and oxygen atoms in total. The molecule has 1 rings (SSSR count). The van der Waals surface area contributed by atoms with Crippen molar-refractivity contribution in [1.29, 1.82) is 0 Å². The zero-order chi connectivity index (χ0) is 20.3. The number of nitrogens with zero attached hydrogens (tertiary/aromatic N) is 2. The number of aromatic hydroxyl groups is 1. The Balaban J connectivity index is 3.14. The summed E-state index contributed by atoms with van der Waals surface area (Å²) < 4.78 is 57.4. The van der Waals surface area contributed by atoms with Crippen LogP contribution in [-0.2, 0) is 31.0 Å². The lowest BCUT2D eigenvalue weighted by Crippen LogP contribution is -2.29. The number of pyridine rings is 1. The molecule has 26 heavy (non-hydrogen) atoms. The largest absolute Gasteiger partial charge is 0.494 e. The van der Waals surface area contributed by atoms with Crippen LogP contribution in [0.1, 0.15) is 15.9 Å². The molecule has 0 saturated heterocycles. The number of rotatable bonds is 9. The van der Waals surface area contributed by atoms with Crippen LogP contribution in [-0.4, -0.2) is 61.8 Å². The Morgan fingerprint density at radius 2 is 1.88 bits per heavy atom. The third-order valence-electron chi connectivity index (χ3n) is 3.31. The van der Waals surface area contributed by atoms with Crippen molar-refractivity contribution in [3.8, 4) is 5.88 Å². The summed E-state index contributed by atoms with van der Waals surface area (Å²) >= 11 is 0. The van der Waals surface area contributed by atoms with E-state index in [9.17, 15) is 31.5 Å². The van der Waals surface area contributed by atoms with Crippen LogP contribution in [0.3, 0.4) is 0 Å². The molecule has 1 amide bonds. The van der Waals surface area contributed by atoms with Gasteiger partial charge in [-0.3, -0.25) is 23.7 Å². The second kappa shape index (κ2) is 7.94. The molecule has 0 spiro atoms. The van der Waals surface area contributed by atoms with Gasteiger partial charge in [0.05, 0.1) is 18.1 Å². The third-order valence-corrected chi connectivity index (χ3v) is 5.37. The van der Waals surface area contributed by atoms with E-state index in [2.05, 4.69) is 15.9 Å². The Labute approximate surface area is 148 Å². The Hall–Kier alpha value is -2.29. The molecule has 14 heteroatoms. The van der Waals surface area contributed by atoms with Crippen molar-refractivity contribution < 1.29 is 35.5 Å². The number of hydrogen-bond acceptors (Lipinski definition) is 9. The van der Waals surface area contributed by atoms with Gasteiger partial charge in [-0.15, -0.1) is 0 Å². The quantitative estimate of drug-likeness (QED) is 0.321. The molecule has 1 heterocycles. The smallest absolute Gasteiger partial charge is 0.397 e. The molecular formula is C12H17N3O9S2. The highest BCUT2D eigenvalue weighted by Crippen LogP contribution is 2.25. The summed E-state index contributed by atoms with van der Waals surface area (Å²) in [6.07, 6.45) is 0. The predicted molar refractivity (Wildman–Crippen MR) is 91.0 cm³/mol. The van der Waals surface area contributed by atoms with Gasteiger partial charge in [0.25, 0.3) is 11.5 Å². The van der Waals surface area contributed by atoms with E-state index in [1.54, 1.807) is 0 Å². The van der Waals surface area contributed by atoms with E-state index in [-0.39, 0.29) is 11.3 Å². The number of aromatic nitrogens is 1. The first-order valence-electron chi connectivity index (χ1n) is 6.86. The minimum absolute atomic E-state index is 0.00402. The van der Waals surface area contributed by atoms with Crippen LogP contribution in [0.4, 0.5) is 5.69 Å². The van der Waals surface area contributed by atoms with E-state index in [1.165, 1.54) is 6.92 Å². The van der Waals surface area contributed by atoms with E-state index in [4.69, 9.17) is 10.3 Å². The van der Waals surface area contributed by atoms with Crippen molar-refractivity contribution in [3.05, 3.63) is 21.5 Å². The maximum absolute atomic E-state index is 12.3. The van der Waals surface area contributed by atoms with Gasteiger partial charge in [0.1, 0.15) is 11.3 Å². The standard InChI is InChI=1S/C12H17N3O9S2/c1-7-8(10(13)16)11(17)15(12(18)9(7)14-2)3-5-25(19,20)6-4-24-26(21,22)23/h17H,2-6H2,1H3,(H2,13,16)(H,21,22,23). The number of sulfone groups is 1. The van der Waals surface area contributed by atoms with Gasteiger partial charge in [0.15, 0.2) is 9.84 Å². The first-order chi connectivity index (χ1) is 11.8. The minimum Gasteiger partial charge on any atom is -0.494 e. The van der Waals surface area contributed by atoms with Gasteiger partial charge in [-0.2, -0.15) is 8.42 Å². The molecule has 0 aliphatic carbocycles. The van der Waals surface area contributed by atoms with Gasteiger partial charge in [0.2, 0.25) is 5.88 Å². The summed E-state index contributed by atoms with van der Waals surface area (Å²) in [5, 5.41) is 10.1. The molecule has 1 aromatic heterocycles. The normalized spacial score (nSPS) is 12.1. The molecule has 0 aliphatic rings. The lowest BCUT2D eigenvalue weighted by molar-refractivity contribution is 0.0995. The first-order valence-corrected chi connectivity index (χ1v) is 10.0. The Bertz CT molecular complexity index is 994. The molecule has 0 aliphatic heterocycles. The summed E-state index contributed by atoms with van der Waals surface area (Å²) in [6.45, 7) is 3.10. The molecule has 146 valence electrons. The Morgan fingerprint density at radius 1 is 1.31 bits per heavy atom. The average Bonchev–Trinajstić information content (AvgIpc) is 2.45. The van der Waals surface area contributed by atoms with Gasteiger partial charge in [-0.1, -0.05) is 0 Å². The van der Waals surface area contributed by atoms with Crippen molar-refractivity contribution in [1.82, 2.24) is 4.57 Å². The molecule has 0 aromatic carbocycles. The fourth-order valence-corrected chi connectivity index (χ4v) is 3.49. The van der Waals surface area contributed by atoms with Crippen LogP contribution in [0.15, 0.2) is 9.79 Å². The van der Waals surface area contributed by atoms with E-state index in [0.29, 0.717) is 4.57 Å². The number of hydrogen-bond donors (Lipinski definition) is 3. The number of aliphatic imine (C=N–C) groups is 1. The molecular weight excluding hydrogens is 394 g/mol. The van der Waals surface area contributed by atoms with Gasteiger partial charge < -0.3 is 10.8 Å². The highest BCUT2D eigenvalue weighted by Gasteiger charge is 2.23. The monoisotopic (exact) mass is 411 g/mol. The summed E-state index contributed by atoms with van der Waals surface area (Å²) in [4.78, 5) is 27.2. The number of carbonyl (C=O) groups excluding carboxylic acids is 1. The maximum Gasteiger partial charge on any atom is 0.397 e. The topological polar surface area (TPSA) is 195 Å². The van der Waals surface area contributed by atoms with Crippen LogP contribution < -0.4 is 11.3 Å². The average molecular weight is 411 g/mol. The lowest BCUT2D eigenvalue weighted by atomic mass is 10.1.